The summed E-state index contributed by atoms with van der Waals surface area (Å²) in [5.74, 6) is 0.703. The van der Waals surface area contributed by atoms with E-state index in [0.29, 0.717) is 12.2 Å². The van der Waals surface area contributed by atoms with Crippen molar-refractivity contribution in [3.05, 3.63) is 59.8 Å². The number of hydrogen-bond donors (Lipinski definition) is 3. The Morgan fingerprint density at radius 2 is 2.29 bits per heavy atom. The molecule has 1 aliphatic rings. The third-order valence-electron chi connectivity index (χ3n) is 4.72. The van der Waals surface area contributed by atoms with Gasteiger partial charge < -0.3 is 21.1 Å². The van der Waals surface area contributed by atoms with Gasteiger partial charge in [0.2, 0.25) is 0 Å². The number of nitrogens with zero attached hydrogens (tertiary/aromatic N) is 4. The number of amides is 1. The fraction of sp³-hybridized carbons (Fsp3) is 0.263. The van der Waals surface area contributed by atoms with Crippen molar-refractivity contribution in [3.8, 4) is 5.75 Å². The Kier molecular flexibility index (Phi) is 4.90. The van der Waals surface area contributed by atoms with Crippen LogP contribution in [0.4, 0.5) is 11.5 Å². The molecule has 0 radical (unpaired) electrons. The number of nitrogen functional groups attached to an aromatic ring is 1. The first-order chi connectivity index (χ1) is 13.7. The SMILES string of the molecule is COc1cccc(Cn2cc(NC(=O)c3cnccn3)c(N)n2)c1[C@@H]1CCN1. The van der Waals surface area contributed by atoms with Crippen LogP contribution in [0, 0.1) is 0 Å². The van der Waals surface area contributed by atoms with E-state index in [1.165, 1.54) is 18.6 Å². The maximum absolute atomic E-state index is 12.3. The fourth-order valence-electron chi connectivity index (χ4n) is 3.23. The highest BCUT2D eigenvalue weighted by Gasteiger charge is 2.25. The second kappa shape index (κ2) is 7.65. The van der Waals surface area contributed by atoms with Crippen molar-refractivity contribution >= 4 is 17.4 Å². The van der Waals surface area contributed by atoms with Gasteiger partial charge in [-0.2, -0.15) is 5.10 Å². The van der Waals surface area contributed by atoms with Gasteiger partial charge in [-0.3, -0.25) is 14.5 Å². The van der Waals surface area contributed by atoms with E-state index < -0.39 is 0 Å². The van der Waals surface area contributed by atoms with Crippen LogP contribution < -0.4 is 21.1 Å². The van der Waals surface area contributed by atoms with Gasteiger partial charge in [0.25, 0.3) is 5.91 Å². The first-order valence-electron chi connectivity index (χ1n) is 8.95. The van der Waals surface area contributed by atoms with Crippen LogP contribution in [0.15, 0.2) is 43.0 Å². The first-order valence-corrected chi connectivity index (χ1v) is 8.95. The monoisotopic (exact) mass is 379 g/mol. The topological polar surface area (TPSA) is 120 Å². The number of carbonyl (C=O) groups is 1. The number of methoxy groups -OCH3 is 1. The van der Waals surface area contributed by atoms with Crippen LogP contribution in [0.2, 0.25) is 0 Å². The van der Waals surface area contributed by atoms with E-state index in [1.54, 1.807) is 18.0 Å². The molecule has 144 valence electrons. The molecule has 4 rings (SSSR count). The van der Waals surface area contributed by atoms with Crippen molar-refractivity contribution in [2.24, 2.45) is 0 Å². The molecule has 9 nitrogen and oxygen atoms in total. The lowest BCUT2D eigenvalue weighted by molar-refractivity contribution is 0.102. The normalized spacial score (nSPS) is 15.7. The Bertz CT molecular complexity index is 983. The molecule has 1 aromatic carbocycles. The number of nitrogens with one attached hydrogen (secondary N) is 2. The average Bonchev–Trinajstić information content (AvgIpc) is 3.01. The van der Waals surface area contributed by atoms with Gasteiger partial charge in [-0.1, -0.05) is 12.1 Å². The molecule has 0 aliphatic carbocycles. The zero-order valence-corrected chi connectivity index (χ0v) is 15.4. The van der Waals surface area contributed by atoms with Crippen molar-refractivity contribution in [2.45, 2.75) is 19.0 Å². The van der Waals surface area contributed by atoms with E-state index >= 15 is 0 Å². The zero-order chi connectivity index (χ0) is 19.5. The number of carbonyl (C=O) groups excluding carboxylic acids is 1. The minimum atomic E-state index is -0.389. The third kappa shape index (κ3) is 3.52. The summed E-state index contributed by atoms with van der Waals surface area (Å²) in [6, 6.07) is 6.24. The highest BCUT2D eigenvalue weighted by Crippen LogP contribution is 2.34. The summed E-state index contributed by atoms with van der Waals surface area (Å²) in [5, 5.41) is 10.5. The Morgan fingerprint density at radius 3 is 2.96 bits per heavy atom. The second-order valence-electron chi connectivity index (χ2n) is 6.50. The van der Waals surface area contributed by atoms with Gasteiger partial charge >= 0.3 is 0 Å². The Morgan fingerprint density at radius 1 is 1.43 bits per heavy atom. The molecule has 28 heavy (non-hydrogen) atoms. The standard InChI is InChI=1S/C19H21N7O2/c1-28-16-4-2-3-12(17(16)13-5-6-22-13)10-26-11-15(18(20)25-26)24-19(27)14-9-21-7-8-23-14/h2-4,7-9,11,13,22H,5-6,10H2,1H3,(H2,20,25)(H,24,27)/t13-/m0/s1. The fourth-order valence-corrected chi connectivity index (χ4v) is 3.23. The van der Waals surface area contributed by atoms with Crippen molar-refractivity contribution < 1.29 is 9.53 Å². The maximum atomic E-state index is 12.3. The molecule has 1 saturated heterocycles. The van der Waals surface area contributed by atoms with Gasteiger partial charge in [0.15, 0.2) is 5.82 Å². The molecule has 1 atom stereocenters. The molecular formula is C19H21N7O2. The Hall–Kier alpha value is -3.46. The van der Waals surface area contributed by atoms with Crippen molar-refractivity contribution in [3.63, 3.8) is 0 Å². The summed E-state index contributed by atoms with van der Waals surface area (Å²) < 4.78 is 7.25. The molecule has 1 fully saturated rings. The molecule has 4 N–H and O–H groups in total. The van der Waals surface area contributed by atoms with E-state index in [-0.39, 0.29) is 23.5 Å². The minimum Gasteiger partial charge on any atom is -0.496 e. The lowest BCUT2D eigenvalue weighted by atomic mass is 9.92. The lowest BCUT2D eigenvalue weighted by Crippen LogP contribution is -2.36. The maximum Gasteiger partial charge on any atom is 0.276 e. The van der Waals surface area contributed by atoms with Crippen molar-refractivity contribution in [1.82, 2.24) is 25.1 Å². The molecule has 3 heterocycles. The van der Waals surface area contributed by atoms with Gasteiger partial charge in [-0.15, -0.1) is 0 Å². The quantitative estimate of drug-likeness (QED) is 0.595. The van der Waals surface area contributed by atoms with Gasteiger partial charge in [0, 0.05) is 24.0 Å². The number of rotatable bonds is 6. The number of aromatic nitrogens is 4. The van der Waals surface area contributed by atoms with E-state index in [1.807, 2.05) is 18.2 Å². The number of ether oxygens (including phenoxy) is 1. The summed E-state index contributed by atoms with van der Waals surface area (Å²) in [4.78, 5) is 20.2. The average molecular weight is 379 g/mol. The van der Waals surface area contributed by atoms with Crippen LogP contribution in [-0.4, -0.2) is 39.3 Å². The molecule has 2 aromatic heterocycles. The molecular weight excluding hydrogens is 358 g/mol. The van der Waals surface area contributed by atoms with E-state index in [4.69, 9.17) is 10.5 Å². The number of anilines is 2. The highest BCUT2D eigenvalue weighted by atomic mass is 16.5. The van der Waals surface area contributed by atoms with Crippen molar-refractivity contribution in [2.75, 3.05) is 24.7 Å². The summed E-state index contributed by atoms with van der Waals surface area (Å²) in [5.41, 5.74) is 8.86. The lowest BCUT2D eigenvalue weighted by Gasteiger charge is -2.31. The summed E-state index contributed by atoms with van der Waals surface area (Å²) in [7, 11) is 1.67. The van der Waals surface area contributed by atoms with Gasteiger partial charge in [0.05, 0.1) is 26.0 Å². The highest BCUT2D eigenvalue weighted by molar-refractivity contribution is 6.03. The number of nitrogens with two attached hydrogens (primary N) is 1. The number of hydrogen-bond acceptors (Lipinski definition) is 7. The van der Waals surface area contributed by atoms with E-state index in [2.05, 4.69) is 25.7 Å². The van der Waals surface area contributed by atoms with Crippen LogP contribution in [-0.2, 0) is 6.54 Å². The third-order valence-corrected chi connectivity index (χ3v) is 4.72. The molecule has 0 unspecified atom stereocenters. The first kappa shape index (κ1) is 17.9. The van der Waals surface area contributed by atoms with E-state index in [9.17, 15) is 4.79 Å². The van der Waals surface area contributed by atoms with Crippen LogP contribution >= 0.6 is 0 Å². The second-order valence-corrected chi connectivity index (χ2v) is 6.50. The smallest absolute Gasteiger partial charge is 0.276 e. The minimum absolute atomic E-state index is 0.209. The molecule has 0 bridgehead atoms. The molecule has 3 aromatic rings. The largest absolute Gasteiger partial charge is 0.496 e. The molecule has 0 spiro atoms. The molecule has 1 aliphatic heterocycles. The van der Waals surface area contributed by atoms with Crippen LogP contribution in [0.3, 0.4) is 0 Å². The van der Waals surface area contributed by atoms with Crippen LogP contribution in [0.5, 0.6) is 5.75 Å². The van der Waals surface area contributed by atoms with Gasteiger partial charge in [-0.05, 0) is 24.6 Å². The van der Waals surface area contributed by atoms with Gasteiger partial charge in [-0.25, -0.2) is 4.98 Å². The van der Waals surface area contributed by atoms with Crippen molar-refractivity contribution in [1.29, 1.82) is 0 Å². The van der Waals surface area contributed by atoms with Crippen LogP contribution in [0.1, 0.15) is 34.1 Å². The Balaban J connectivity index is 1.56. The van der Waals surface area contributed by atoms with E-state index in [0.717, 1.165) is 29.8 Å². The molecule has 1 amide bonds. The van der Waals surface area contributed by atoms with Crippen LogP contribution in [0.25, 0.3) is 0 Å². The molecule has 9 heteroatoms. The predicted molar refractivity (Wildman–Crippen MR) is 104 cm³/mol. The number of benzene rings is 1. The zero-order valence-electron chi connectivity index (χ0n) is 15.4. The summed E-state index contributed by atoms with van der Waals surface area (Å²) in [6.07, 6.45) is 7.13. The Labute approximate surface area is 161 Å². The summed E-state index contributed by atoms with van der Waals surface area (Å²) in [6.45, 7) is 1.51. The predicted octanol–water partition coefficient (Wildman–Crippen LogP) is 1.60. The molecule has 0 saturated carbocycles. The van der Waals surface area contributed by atoms with Gasteiger partial charge in [0.1, 0.15) is 17.1 Å². The summed E-state index contributed by atoms with van der Waals surface area (Å²) >= 11 is 0.